The molecule has 0 atom stereocenters. The fraction of sp³-hybridized carbons (Fsp3) is 0.440. The Bertz CT molecular complexity index is 995. The standard InChI is InChI=1S/C25H31N5O4/c31-24(14-5-19-3-1-2-4-19)29-17-15-28(16-18-29)22-10-6-20(7-11-22)26-25(32)27-21-8-12-23(13-9-21)30(33)34/h6-13,19H,1-5,14-18H2,(H2,26,27,32). The van der Waals surface area contributed by atoms with Gasteiger partial charge in [-0.25, -0.2) is 4.79 Å². The number of nitrogens with zero attached hydrogens (tertiary/aromatic N) is 3. The molecule has 34 heavy (non-hydrogen) atoms. The van der Waals surface area contributed by atoms with Crippen molar-refractivity contribution < 1.29 is 14.5 Å². The summed E-state index contributed by atoms with van der Waals surface area (Å²) in [6, 6.07) is 12.8. The van der Waals surface area contributed by atoms with Gasteiger partial charge < -0.3 is 20.4 Å². The summed E-state index contributed by atoms with van der Waals surface area (Å²) >= 11 is 0. The van der Waals surface area contributed by atoms with Crippen LogP contribution in [0.3, 0.4) is 0 Å². The summed E-state index contributed by atoms with van der Waals surface area (Å²) in [5.41, 5.74) is 2.13. The fourth-order valence-electron chi connectivity index (χ4n) is 4.71. The predicted octanol–water partition coefficient (Wildman–Crippen LogP) is 4.86. The highest BCUT2D eigenvalue weighted by Gasteiger charge is 2.23. The quantitative estimate of drug-likeness (QED) is 0.449. The molecule has 3 amide bonds. The van der Waals surface area contributed by atoms with E-state index in [-0.39, 0.29) is 11.6 Å². The van der Waals surface area contributed by atoms with Crippen LogP contribution in [0.15, 0.2) is 48.5 Å². The van der Waals surface area contributed by atoms with Crippen LogP contribution in [0.1, 0.15) is 38.5 Å². The minimum atomic E-state index is -0.486. The summed E-state index contributed by atoms with van der Waals surface area (Å²) in [5, 5.41) is 16.1. The zero-order valence-electron chi connectivity index (χ0n) is 19.2. The summed E-state index contributed by atoms with van der Waals surface area (Å²) < 4.78 is 0. The summed E-state index contributed by atoms with van der Waals surface area (Å²) in [4.78, 5) is 39.3. The first-order chi connectivity index (χ1) is 16.5. The Morgan fingerprint density at radius 1 is 0.882 bits per heavy atom. The maximum absolute atomic E-state index is 12.6. The summed E-state index contributed by atoms with van der Waals surface area (Å²) in [6.45, 7) is 3.06. The fourth-order valence-corrected chi connectivity index (χ4v) is 4.71. The molecular formula is C25H31N5O4. The molecule has 2 aliphatic rings. The van der Waals surface area contributed by atoms with Crippen molar-refractivity contribution in [2.75, 3.05) is 41.7 Å². The molecule has 0 unspecified atom stereocenters. The van der Waals surface area contributed by atoms with Crippen molar-refractivity contribution in [1.82, 2.24) is 4.90 Å². The number of nitro groups is 1. The number of nitro benzene ring substituents is 1. The van der Waals surface area contributed by atoms with Gasteiger partial charge in [0, 0.05) is 61.8 Å². The molecule has 1 saturated heterocycles. The lowest BCUT2D eigenvalue weighted by Crippen LogP contribution is -2.48. The van der Waals surface area contributed by atoms with Gasteiger partial charge in [-0.3, -0.25) is 14.9 Å². The van der Waals surface area contributed by atoms with Gasteiger partial charge in [0.2, 0.25) is 5.91 Å². The van der Waals surface area contributed by atoms with Gasteiger partial charge in [-0.15, -0.1) is 0 Å². The zero-order chi connectivity index (χ0) is 23.9. The maximum Gasteiger partial charge on any atom is 0.323 e. The monoisotopic (exact) mass is 465 g/mol. The minimum Gasteiger partial charge on any atom is -0.368 e. The number of carbonyl (C=O) groups excluding carboxylic acids is 2. The molecule has 1 heterocycles. The highest BCUT2D eigenvalue weighted by atomic mass is 16.6. The average molecular weight is 466 g/mol. The molecule has 1 saturated carbocycles. The SMILES string of the molecule is O=C(Nc1ccc(N2CCN(C(=O)CCC3CCCC3)CC2)cc1)Nc1ccc([N+](=O)[O-])cc1. The van der Waals surface area contributed by atoms with Crippen molar-refractivity contribution in [3.63, 3.8) is 0 Å². The molecule has 4 rings (SSSR count). The Kier molecular flexibility index (Phi) is 7.61. The summed E-state index contributed by atoms with van der Waals surface area (Å²) in [5.74, 6) is 1.03. The smallest absolute Gasteiger partial charge is 0.323 e. The minimum absolute atomic E-state index is 0.0316. The van der Waals surface area contributed by atoms with Gasteiger partial charge in [0.15, 0.2) is 0 Å². The molecule has 0 spiro atoms. The highest BCUT2D eigenvalue weighted by Crippen LogP contribution is 2.29. The van der Waals surface area contributed by atoms with Crippen molar-refractivity contribution in [2.45, 2.75) is 38.5 Å². The lowest BCUT2D eigenvalue weighted by molar-refractivity contribution is -0.384. The molecule has 0 radical (unpaired) electrons. The topological polar surface area (TPSA) is 108 Å². The molecule has 9 heteroatoms. The van der Waals surface area contributed by atoms with Gasteiger partial charge in [0.1, 0.15) is 0 Å². The van der Waals surface area contributed by atoms with E-state index in [1.807, 2.05) is 29.2 Å². The number of hydrogen-bond donors (Lipinski definition) is 2. The Balaban J connectivity index is 1.21. The third-order valence-corrected chi connectivity index (χ3v) is 6.70. The van der Waals surface area contributed by atoms with E-state index in [9.17, 15) is 19.7 Å². The number of nitrogens with one attached hydrogen (secondary N) is 2. The van der Waals surface area contributed by atoms with E-state index < -0.39 is 11.0 Å². The third kappa shape index (κ3) is 6.24. The third-order valence-electron chi connectivity index (χ3n) is 6.70. The van der Waals surface area contributed by atoms with E-state index in [0.29, 0.717) is 17.8 Å². The number of hydrogen-bond acceptors (Lipinski definition) is 5. The molecule has 0 aromatic heterocycles. The Labute approximate surface area is 199 Å². The molecule has 2 aromatic rings. The molecule has 9 nitrogen and oxygen atoms in total. The van der Waals surface area contributed by atoms with Crippen LogP contribution in [0.25, 0.3) is 0 Å². The van der Waals surface area contributed by atoms with E-state index in [4.69, 9.17) is 0 Å². The van der Waals surface area contributed by atoms with Crippen LogP contribution in [0.2, 0.25) is 0 Å². The average Bonchev–Trinajstić information content (AvgIpc) is 3.37. The number of carbonyl (C=O) groups is 2. The largest absolute Gasteiger partial charge is 0.368 e. The van der Waals surface area contributed by atoms with E-state index in [1.54, 1.807) is 0 Å². The van der Waals surface area contributed by atoms with Gasteiger partial charge in [0.25, 0.3) is 5.69 Å². The summed E-state index contributed by atoms with van der Waals surface area (Å²) in [7, 11) is 0. The molecule has 2 N–H and O–H groups in total. The van der Waals surface area contributed by atoms with Crippen LogP contribution in [0.4, 0.5) is 27.5 Å². The second-order valence-corrected chi connectivity index (χ2v) is 8.99. The Morgan fingerprint density at radius 2 is 1.44 bits per heavy atom. The van der Waals surface area contributed by atoms with Crippen LogP contribution in [-0.2, 0) is 4.79 Å². The molecule has 2 aromatic carbocycles. The Morgan fingerprint density at radius 3 is 2.00 bits per heavy atom. The molecule has 0 bridgehead atoms. The van der Waals surface area contributed by atoms with E-state index in [0.717, 1.165) is 44.2 Å². The number of benzene rings is 2. The molecule has 180 valence electrons. The van der Waals surface area contributed by atoms with Gasteiger partial charge in [-0.1, -0.05) is 25.7 Å². The van der Waals surface area contributed by atoms with E-state index in [1.165, 1.54) is 49.9 Å². The lowest BCUT2D eigenvalue weighted by atomic mass is 10.0. The van der Waals surface area contributed by atoms with Crippen molar-refractivity contribution in [1.29, 1.82) is 0 Å². The molecule has 2 fully saturated rings. The first-order valence-electron chi connectivity index (χ1n) is 11.9. The lowest BCUT2D eigenvalue weighted by Gasteiger charge is -2.36. The number of rotatable bonds is 7. The number of anilines is 3. The molecule has 1 aliphatic carbocycles. The van der Waals surface area contributed by atoms with E-state index >= 15 is 0 Å². The molecule has 1 aliphatic heterocycles. The van der Waals surface area contributed by atoms with E-state index in [2.05, 4.69) is 15.5 Å². The molecular weight excluding hydrogens is 434 g/mol. The summed E-state index contributed by atoms with van der Waals surface area (Å²) in [6.07, 6.45) is 6.90. The van der Waals surface area contributed by atoms with Crippen LogP contribution < -0.4 is 15.5 Å². The van der Waals surface area contributed by atoms with Gasteiger partial charge >= 0.3 is 6.03 Å². The van der Waals surface area contributed by atoms with Crippen LogP contribution in [-0.4, -0.2) is 47.9 Å². The number of piperazine rings is 1. The normalized spacial score (nSPS) is 16.4. The van der Waals surface area contributed by atoms with Gasteiger partial charge in [-0.2, -0.15) is 0 Å². The van der Waals surface area contributed by atoms with Gasteiger partial charge in [0.05, 0.1) is 4.92 Å². The highest BCUT2D eigenvalue weighted by molar-refractivity contribution is 5.99. The Hall–Kier alpha value is -3.62. The van der Waals surface area contributed by atoms with Crippen molar-refractivity contribution >= 4 is 34.7 Å². The van der Waals surface area contributed by atoms with Crippen molar-refractivity contribution in [3.05, 3.63) is 58.6 Å². The van der Waals surface area contributed by atoms with Crippen LogP contribution in [0.5, 0.6) is 0 Å². The maximum atomic E-state index is 12.6. The number of amides is 3. The number of non-ortho nitro benzene ring substituents is 1. The van der Waals surface area contributed by atoms with Gasteiger partial charge in [-0.05, 0) is 48.7 Å². The first kappa shape index (κ1) is 23.5. The second kappa shape index (κ2) is 11.0. The predicted molar refractivity (Wildman–Crippen MR) is 132 cm³/mol. The van der Waals surface area contributed by atoms with Crippen molar-refractivity contribution in [3.8, 4) is 0 Å². The zero-order valence-corrected chi connectivity index (χ0v) is 19.2. The second-order valence-electron chi connectivity index (χ2n) is 8.99. The first-order valence-corrected chi connectivity index (χ1v) is 11.9. The number of urea groups is 1. The van der Waals surface area contributed by atoms with Crippen molar-refractivity contribution in [2.24, 2.45) is 5.92 Å². The van der Waals surface area contributed by atoms with Crippen LogP contribution in [0, 0.1) is 16.0 Å². The van der Waals surface area contributed by atoms with Crippen LogP contribution >= 0.6 is 0 Å².